The van der Waals surface area contributed by atoms with Crippen LogP contribution in [0.5, 0.6) is 11.5 Å². The Balaban J connectivity index is 1.69. The molecule has 0 saturated heterocycles. The number of carbonyl (C=O) groups is 1. The normalized spacial score (nSPS) is 21.4. The van der Waals surface area contributed by atoms with Gasteiger partial charge in [-0.3, -0.25) is 4.79 Å². The summed E-state index contributed by atoms with van der Waals surface area (Å²) in [4.78, 5) is 14.1. The first-order valence-electron chi connectivity index (χ1n) is 8.85. The number of hydrogen-bond donors (Lipinski definition) is 3. The van der Waals surface area contributed by atoms with Gasteiger partial charge in [0.2, 0.25) is 0 Å². The van der Waals surface area contributed by atoms with E-state index in [1.807, 2.05) is 6.92 Å². The third-order valence-electron chi connectivity index (χ3n) is 4.97. The summed E-state index contributed by atoms with van der Waals surface area (Å²) in [5.41, 5.74) is 2.86. The molecule has 0 fully saturated rings. The zero-order valence-electron chi connectivity index (χ0n) is 14.7. The Kier molecular flexibility index (Phi) is 4.61. The number of rotatable bonds is 3. The summed E-state index contributed by atoms with van der Waals surface area (Å²) in [5, 5.41) is 17.6. The second-order valence-corrected chi connectivity index (χ2v) is 8.85. The Labute approximate surface area is 164 Å². The molecule has 4 rings (SSSR count). The Morgan fingerprint density at radius 2 is 2.19 bits per heavy atom. The average molecular weight is 437 g/mol. The largest absolute Gasteiger partial charge is 0.503 e. The van der Waals surface area contributed by atoms with Gasteiger partial charge in [-0.25, -0.2) is 0 Å². The Morgan fingerprint density at radius 1 is 1.38 bits per heavy atom. The highest BCUT2D eigenvalue weighted by Crippen LogP contribution is 2.44. The van der Waals surface area contributed by atoms with Crippen LogP contribution < -0.4 is 15.4 Å². The van der Waals surface area contributed by atoms with Gasteiger partial charge in [0.1, 0.15) is 11.2 Å². The molecule has 138 valence electrons. The molecule has 0 saturated carbocycles. The number of hydrogen-bond acceptors (Lipinski definition) is 5. The molecule has 7 heteroatoms. The van der Waals surface area contributed by atoms with Crippen LogP contribution in [0.1, 0.15) is 52.8 Å². The molecule has 1 aromatic carbocycles. The van der Waals surface area contributed by atoms with Crippen molar-refractivity contribution >= 4 is 38.2 Å². The molecule has 2 aliphatic rings. The fraction of sp³-hybridized carbons (Fsp3) is 0.421. The number of phenolic OH excluding ortho intramolecular Hbond substituents is 1. The zero-order valence-corrected chi connectivity index (χ0v) is 17.1. The van der Waals surface area contributed by atoms with Crippen LogP contribution in [-0.2, 0) is 12.8 Å². The van der Waals surface area contributed by atoms with E-state index in [1.165, 1.54) is 10.4 Å². The SMILES string of the molecule is CCOc1cc(C2NC(=O)c3c(sc4c3CCC(C)C4)N2)cc(Br)c1O. The molecule has 0 bridgehead atoms. The maximum atomic E-state index is 12.8. The van der Waals surface area contributed by atoms with Gasteiger partial charge in [0, 0.05) is 4.88 Å². The second-order valence-electron chi connectivity index (χ2n) is 6.89. The van der Waals surface area contributed by atoms with E-state index in [2.05, 4.69) is 33.5 Å². The fourth-order valence-electron chi connectivity index (χ4n) is 3.66. The molecule has 2 aromatic rings. The van der Waals surface area contributed by atoms with E-state index in [1.54, 1.807) is 23.5 Å². The van der Waals surface area contributed by atoms with Crippen molar-refractivity contribution in [3.63, 3.8) is 0 Å². The van der Waals surface area contributed by atoms with Crippen LogP contribution in [0, 0.1) is 5.92 Å². The van der Waals surface area contributed by atoms with Crippen molar-refractivity contribution < 1.29 is 14.6 Å². The first-order valence-corrected chi connectivity index (χ1v) is 10.5. The smallest absolute Gasteiger partial charge is 0.256 e. The number of amides is 1. The minimum absolute atomic E-state index is 0.0297. The van der Waals surface area contributed by atoms with Gasteiger partial charge in [-0.15, -0.1) is 11.3 Å². The number of carbonyl (C=O) groups excluding carboxylic acids is 1. The monoisotopic (exact) mass is 436 g/mol. The summed E-state index contributed by atoms with van der Waals surface area (Å²) >= 11 is 5.07. The van der Waals surface area contributed by atoms with Crippen molar-refractivity contribution in [1.29, 1.82) is 0 Å². The fourth-order valence-corrected chi connectivity index (χ4v) is 5.55. The van der Waals surface area contributed by atoms with Crippen LogP contribution in [-0.4, -0.2) is 17.6 Å². The highest BCUT2D eigenvalue weighted by atomic mass is 79.9. The van der Waals surface area contributed by atoms with Gasteiger partial charge < -0.3 is 20.5 Å². The molecule has 5 nitrogen and oxygen atoms in total. The molecule has 2 heterocycles. The van der Waals surface area contributed by atoms with Crippen molar-refractivity contribution in [2.24, 2.45) is 5.92 Å². The van der Waals surface area contributed by atoms with Crippen LogP contribution in [0.2, 0.25) is 0 Å². The van der Waals surface area contributed by atoms with Gasteiger partial charge in [-0.1, -0.05) is 6.92 Å². The van der Waals surface area contributed by atoms with Gasteiger partial charge in [-0.05, 0) is 71.3 Å². The van der Waals surface area contributed by atoms with Crippen LogP contribution in [0.25, 0.3) is 0 Å². The van der Waals surface area contributed by atoms with E-state index in [0.29, 0.717) is 22.7 Å². The van der Waals surface area contributed by atoms with E-state index >= 15 is 0 Å². The molecule has 0 radical (unpaired) electrons. The summed E-state index contributed by atoms with van der Waals surface area (Å²) in [6.07, 6.45) is 2.80. The van der Waals surface area contributed by atoms with E-state index in [0.717, 1.165) is 35.4 Å². The molecular formula is C19H21BrN2O3S. The third-order valence-corrected chi connectivity index (χ3v) is 6.76. The number of ether oxygens (including phenoxy) is 1. The van der Waals surface area contributed by atoms with Gasteiger partial charge >= 0.3 is 0 Å². The van der Waals surface area contributed by atoms with Crippen molar-refractivity contribution in [1.82, 2.24) is 5.32 Å². The molecular weight excluding hydrogens is 416 g/mol. The quantitative estimate of drug-likeness (QED) is 0.657. The Bertz CT molecular complexity index is 880. The van der Waals surface area contributed by atoms with Crippen LogP contribution in [0.4, 0.5) is 5.00 Å². The number of anilines is 1. The van der Waals surface area contributed by atoms with Crippen LogP contribution in [0.15, 0.2) is 16.6 Å². The first kappa shape index (κ1) is 17.7. The lowest BCUT2D eigenvalue weighted by Gasteiger charge is -2.27. The maximum absolute atomic E-state index is 12.8. The first-order chi connectivity index (χ1) is 12.5. The lowest BCUT2D eigenvalue weighted by atomic mass is 9.88. The maximum Gasteiger partial charge on any atom is 0.256 e. The zero-order chi connectivity index (χ0) is 18.4. The predicted octanol–water partition coefficient (Wildman–Crippen LogP) is 4.59. The number of aromatic hydroxyl groups is 1. The van der Waals surface area contributed by atoms with E-state index in [4.69, 9.17) is 4.74 Å². The third kappa shape index (κ3) is 2.97. The molecule has 2 atom stereocenters. The molecule has 0 spiro atoms. The highest BCUT2D eigenvalue weighted by molar-refractivity contribution is 9.10. The summed E-state index contributed by atoms with van der Waals surface area (Å²) in [6.45, 7) is 4.58. The molecule has 1 aromatic heterocycles. The number of thiophene rings is 1. The lowest BCUT2D eigenvalue weighted by molar-refractivity contribution is 0.0935. The second kappa shape index (κ2) is 6.78. The topological polar surface area (TPSA) is 70.6 Å². The summed E-state index contributed by atoms with van der Waals surface area (Å²) in [7, 11) is 0. The minimum atomic E-state index is -0.358. The number of phenols is 1. The summed E-state index contributed by atoms with van der Waals surface area (Å²) < 4.78 is 6.05. The molecule has 3 N–H and O–H groups in total. The standard InChI is InChI=1S/C19H21BrN2O3S/c1-3-25-13-8-10(7-12(20)16(13)23)17-21-18(24)15-11-5-4-9(2)6-14(11)26-19(15)22-17/h7-9,17,22-23H,3-6H2,1-2H3,(H,21,24). The molecule has 26 heavy (non-hydrogen) atoms. The van der Waals surface area contributed by atoms with Gasteiger partial charge in [0.15, 0.2) is 11.5 Å². The van der Waals surface area contributed by atoms with Crippen LogP contribution >= 0.6 is 27.3 Å². The van der Waals surface area contributed by atoms with Gasteiger partial charge in [0.25, 0.3) is 5.91 Å². The van der Waals surface area contributed by atoms with Crippen molar-refractivity contribution in [2.45, 2.75) is 39.3 Å². The molecule has 1 amide bonds. The number of halogens is 1. The van der Waals surface area contributed by atoms with E-state index < -0.39 is 0 Å². The summed E-state index contributed by atoms with van der Waals surface area (Å²) in [5.74, 6) is 1.11. The number of fused-ring (bicyclic) bond motifs is 3. The average Bonchev–Trinajstić information content (AvgIpc) is 2.96. The van der Waals surface area contributed by atoms with Crippen molar-refractivity contribution in [3.05, 3.63) is 38.2 Å². The van der Waals surface area contributed by atoms with Crippen molar-refractivity contribution in [2.75, 3.05) is 11.9 Å². The molecule has 1 aliphatic heterocycles. The highest BCUT2D eigenvalue weighted by Gasteiger charge is 2.33. The van der Waals surface area contributed by atoms with Gasteiger partial charge in [0.05, 0.1) is 16.6 Å². The Morgan fingerprint density at radius 3 is 2.96 bits per heavy atom. The Hall–Kier alpha value is -1.73. The van der Waals surface area contributed by atoms with E-state index in [9.17, 15) is 9.90 Å². The number of benzene rings is 1. The predicted molar refractivity (Wildman–Crippen MR) is 106 cm³/mol. The van der Waals surface area contributed by atoms with E-state index in [-0.39, 0.29) is 17.8 Å². The van der Waals surface area contributed by atoms with Gasteiger partial charge in [-0.2, -0.15) is 0 Å². The molecule has 1 aliphatic carbocycles. The molecule has 2 unspecified atom stereocenters. The lowest BCUT2D eigenvalue weighted by Crippen LogP contribution is -2.38. The number of nitrogens with one attached hydrogen (secondary N) is 2. The summed E-state index contributed by atoms with van der Waals surface area (Å²) in [6, 6.07) is 3.57. The minimum Gasteiger partial charge on any atom is -0.503 e. The van der Waals surface area contributed by atoms with Crippen molar-refractivity contribution in [3.8, 4) is 11.5 Å². The van der Waals surface area contributed by atoms with Crippen LogP contribution in [0.3, 0.4) is 0 Å².